The van der Waals surface area contributed by atoms with Crippen molar-refractivity contribution in [3.8, 4) is 0 Å². The summed E-state index contributed by atoms with van der Waals surface area (Å²) in [5, 5.41) is 0. The Balaban J connectivity index is 4.03. The monoisotopic (exact) mass is 235 g/mol. The van der Waals surface area contributed by atoms with Gasteiger partial charge < -0.3 is 4.74 Å². The molecule has 0 aromatic rings. The second-order valence-corrected chi connectivity index (χ2v) is 3.53. The second kappa shape index (κ2) is 9.64. The Morgan fingerprint density at radius 1 is 1.35 bits per heavy atom. The summed E-state index contributed by atoms with van der Waals surface area (Å²) < 4.78 is 5.11. The molecule has 94 valence electrons. The van der Waals surface area contributed by atoms with Crippen molar-refractivity contribution in [1.82, 2.24) is 4.90 Å². The van der Waals surface area contributed by atoms with Crippen molar-refractivity contribution >= 4 is 5.97 Å². The van der Waals surface area contributed by atoms with Crippen molar-refractivity contribution in [2.24, 2.45) is 0 Å². The topological polar surface area (TPSA) is 29.5 Å². The third kappa shape index (κ3) is 7.34. The molecule has 0 aliphatic carbocycles. The van der Waals surface area contributed by atoms with Crippen molar-refractivity contribution in [3.63, 3.8) is 0 Å². The molecule has 0 radical (unpaired) electrons. The Hall–Kier alpha value is -1.57. The van der Waals surface area contributed by atoms with Crippen LogP contribution in [0.1, 0.15) is 13.8 Å². The SMILES string of the molecule is C=CCN(CC=C)CCOC(=O)C(C)=C=CC. The Labute approximate surface area is 104 Å². The van der Waals surface area contributed by atoms with Crippen molar-refractivity contribution in [2.75, 3.05) is 26.2 Å². The lowest BCUT2D eigenvalue weighted by Gasteiger charge is -2.18. The van der Waals surface area contributed by atoms with Crippen LogP contribution in [-0.2, 0) is 9.53 Å². The van der Waals surface area contributed by atoms with Gasteiger partial charge in [-0.25, -0.2) is 4.79 Å². The van der Waals surface area contributed by atoms with Gasteiger partial charge in [0.1, 0.15) is 6.61 Å². The average Bonchev–Trinajstić information content (AvgIpc) is 2.29. The number of nitrogens with zero attached hydrogens (tertiary/aromatic N) is 1. The quantitative estimate of drug-likeness (QED) is 0.280. The summed E-state index contributed by atoms with van der Waals surface area (Å²) in [5.74, 6) is -0.319. The Bertz CT molecular complexity index is 315. The lowest BCUT2D eigenvalue weighted by molar-refractivity contribution is -0.139. The van der Waals surface area contributed by atoms with E-state index in [1.54, 1.807) is 13.0 Å². The van der Waals surface area contributed by atoms with Crippen LogP contribution in [0.5, 0.6) is 0 Å². The van der Waals surface area contributed by atoms with Crippen molar-refractivity contribution in [1.29, 1.82) is 0 Å². The highest BCUT2D eigenvalue weighted by molar-refractivity contribution is 5.87. The lowest BCUT2D eigenvalue weighted by atomic mass is 10.3. The van der Waals surface area contributed by atoms with Crippen LogP contribution in [0.3, 0.4) is 0 Å². The molecule has 0 aromatic carbocycles. The highest BCUT2D eigenvalue weighted by Crippen LogP contribution is 1.96. The second-order valence-electron chi connectivity index (χ2n) is 3.53. The molecule has 0 unspecified atom stereocenters. The first-order valence-electron chi connectivity index (χ1n) is 5.64. The maximum Gasteiger partial charge on any atom is 0.341 e. The van der Waals surface area contributed by atoms with E-state index in [1.807, 2.05) is 19.1 Å². The summed E-state index contributed by atoms with van der Waals surface area (Å²) in [5.41, 5.74) is 3.30. The van der Waals surface area contributed by atoms with Crippen molar-refractivity contribution in [3.05, 3.63) is 42.7 Å². The van der Waals surface area contributed by atoms with Gasteiger partial charge in [-0.1, -0.05) is 12.2 Å². The zero-order valence-corrected chi connectivity index (χ0v) is 10.7. The summed E-state index contributed by atoms with van der Waals surface area (Å²) in [6, 6.07) is 0. The van der Waals surface area contributed by atoms with Gasteiger partial charge in [-0.15, -0.1) is 18.9 Å². The maximum atomic E-state index is 11.4. The zero-order chi connectivity index (χ0) is 13.1. The predicted molar refractivity (Wildman–Crippen MR) is 70.7 cm³/mol. The lowest BCUT2D eigenvalue weighted by Crippen LogP contribution is -2.28. The summed E-state index contributed by atoms with van der Waals surface area (Å²) in [6.45, 7) is 13.4. The normalized spacial score (nSPS) is 9.35. The van der Waals surface area contributed by atoms with Crippen molar-refractivity contribution in [2.45, 2.75) is 13.8 Å². The number of carbonyl (C=O) groups is 1. The van der Waals surface area contributed by atoms with E-state index in [9.17, 15) is 4.79 Å². The van der Waals surface area contributed by atoms with Crippen molar-refractivity contribution < 1.29 is 9.53 Å². The summed E-state index contributed by atoms with van der Waals surface area (Å²) in [6.07, 6.45) is 5.32. The minimum Gasteiger partial charge on any atom is -0.461 e. The Kier molecular flexibility index (Phi) is 8.75. The van der Waals surface area contributed by atoms with Gasteiger partial charge >= 0.3 is 5.97 Å². The van der Waals surface area contributed by atoms with Gasteiger partial charge in [-0.3, -0.25) is 4.90 Å². The molecular formula is C14H21NO2. The first kappa shape index (κ1) is 15.4. The first-order valence-corrected chi connectivity index (χ1v) is 5.64. The number of hydrogen-bond donors (Lipinski definition) is 0. The van der Waals surface area contributed by atoms with Gasteiger partial charge in [0.15, 0.2) is 0 Å². The summed E-state index contributed by atoms with van der Waals surface area (Å²) >= 11 is 0. The molecule has 3 nitrogen and oxygen atoms in total. The van der Waals surface area contributed by atoms with Crippen LogP contribution in [0.2, 0.25) is 0 Å². The number of ether oxygens (including phenoxy) is 1. The van der Waals surface area contributed by atoms with Crippen LogP contribution >= 0.6 is 0 Å². The van der Waals surface area contributed by atoms with E-state index in [4.69, 9.17) is 4.74 Å². The zero-order valence-electron chi connectivity index (χ0n) is 10.7. The molecule has 0 fully saturated rings. The molecule has 0 saturated carbocycles. The largest absolute Gasteiger partial charge is 0.461 e. The van der Waals surface area contributed by atoms with Crippen LogP contribution in [0.25, 0.3) is 0 Å². The molecule has 0 aromatic heterocycles. The van der Waals surface area contributed by atoms with Crippen LogP contribution in [0.4, 0.5) is 0 Å². The predicted octanol–water partition coefficient (Wildman–Crippen LogP) is 2.32. The smallest absolute Gasteiger partial charge is 0.341 e. The molecule has 0 bridgehead atoms. The van der Waals surface area contributed by atoms with Gasteiger partial charge in [-0.2, -0.15) is 0 Å². The minimum atomic E-state index is -0.319. The molecule has 0 N–H and O–H groups in total. The molecule has 0 saturated heterocycles. The van der Waals surface area contributed by atoms with Gasteiger partial charge in [0.05, 0.1) is 5.57 Å². The summed E-state index contributed by atoms with van der Waals surface area (Å²) in [4.78, 5) is 13.5. The molecule has 0 aliphatic rings. The number of hydrogen-bond acceptors (Lipinski definition) is 3. The van der Waals surface area contributed by atoms with Gasteiger partial charge in [-0.05, 0) is 19.9 Å². The molecular weight excluding hydrogens is 214 g/mol. The third-order valence-electron chi connectivity index (χ3n) is 2.08. The molecule has 0 amide bonds. The molecule has 0 rings (SSSR count). The molecule has 3 heteroatoms. The third-order valence-corrected chi connectivity index (χ3v) is 2.08. The van der Waals surface area contributed by atoms with E-state index in [0.29, 0.717) is 18.7 Å². The van der Waals surface area contributed by atoms with Gasteiger partial charge in [0.25, 0.3) is 0 Å². The molecule has 0 spiro atoms. The average molecular weight is 235 g/mol. The fraction of sp³-hybridized carbons (Fsp3) is 0.429. The van der Waals surface area contributed by atoms with Crippen LogP contribution in [-0.4, -0.2) is 37.1 Å². The van der Waals surface area contributed by atoms with Gasteiger partial charge in [0, 0.05) is 19.6 Å². The fourth-order valence-electron chi connectivity index (χ4n) is 1.27. The van der Waals surface area contributed by atoms with E-state index >= 15 is 0 Å². The molecule has 0 aliphatic heterocycles. The van der Waals surface area contributed by atoms with E-state index in [0.717, 1.165) is 13.1 Å². The molecule has 0 atom stereocenters. The Morgan fingerprint density at radius 2 is 1.94 bits per heavy atom. The molecule has 0 heterocycles. The number of esters is 1. The summed E-state index contributed by atoms with van der Waals surface area (Å²) in [7, 11) is 0. The fourth-order valence-corrected chi connectivity index (χ4v) is 1.27. The highest BCUT2D eigenvalue weighted by Gasteiger charge is 2.06. The van der Waals surface area contributed by atoms with Gasteiger partial charge in [0.2, 0.25) is 0 Å². The van der Waals surface area contributed by atoms with E-state index in [1.165, 1.54) is 0 Å². The van der Waals surface area contributed by atoms with E-state index in [-0.39, 0.29) is 5.97 Å². The Morgan fingerprint density at radius 3 is 2.41 bits per heavy atom. The molecule has 17 heavy (non-hydrogen) atoms. The number of carbonyl (C=O) groups excluding carboxylic acids is 1. The maximum absolute atomic E-state index is 11.4. The van der Waals surface area contributed by atoms with E-state index in [2.05, 4.69) is 23.8 Å². The van der Waals surface area contributed by atoms with Crippen LogP contribution in [0.15, 0.2) is 42.7 Å². The minimum absolute atomic E-state index is 0.319. The van der Waals surface area contributed by atoms with E-state index < -0.39 is 0 Å². The highest BCUT2D eigenvalue weighted by atomic mass is 16.5. The standard InChI is InChI=1S/C14H21NO2/c1-5-8-13(4)14(16)17-12-11-15(9-6-2)10-7-3/h5-7H,2-3,9-12H2,1,4H3. The number of rotatable bonds is 8. The van der Waals surface area contributed by atoms with Crippen LogP contribution < -0.4 is 0 Å². The first-order chi connectivity index (χ1) is 8.15. The van der Waals surface area contributed by atoms with Crippen LogP contribution in [0, 0.1) is 0 Å².